The molecule has 4 rings (SSSR count). The van der Waals surface area contributed by atoms with E-state index in [-0.39, 0.29) is 16.7 Å². The molecule has 0 amide bonds. The smallest absolute Gasteiger partial charge is 0.212 e. The van der Waals surface area contributed by atoms with Gasteiger partial charge in [-0.3, -0.25) is 14.7 Å². The topological polar surface area (TPSA) is 84.1 Å². The lowest BCUT2D eigenvalue weighted by Crippen LogP contribution is -2.38. The summed E-state index contributed by atoms with van der Waals surface area (Å²) < 4.78 is 27.9. The molecule has 0 saturated carbocycles. The van der Waals surface area contributed by atoms with E-state index in [4.69, 9.17) is 5.73 Å². The highest BCUT2D eigenvalue weighted by molar-refractivity contribution is 7.18. The third-order valence-electron chi connectivity index (χ3n) is 5.08. The maximum Gasteiger partial charge on any atom is 0.212 e. The van der Waals surface area contributed by atoms with Crippen LogP contribution in [0.4, 0.5) is 19.7 Å². The summed E-state index contributed by atoms with van der Waals surface area (Å²) in [4.78, 5) is 23.5. The van der Waals surface area contributed by atoms with Crippen molar-refractivity contribution in [2.45, 2.75) is 25.4 Å². The van der Waals surface area contributed by atoms with Gasteiger partial charge in [-0.05, 0) is 37.1 Å². The molecule has 6 nitrogen and oxygen atoms in total. The lowest BCUT2D eigenvalue weighted by atomic mass is 10.1. The van der Waals surface area contributed by atoms with Crippen molar-refractivity contribution in [3.63, 3.8) is 0 Å². The van der Waals surface area contributed by atoms with Gasteiger partial charge in [0.15, 0.2) is 5.13 Å². The highest BCUT2D eigenvalue weighted by Crippen LogP contribution is 2.30. The van der Waals surface area contributed by atoms with Crippen LogP contribution in [-0.4, -0.2) is 39.8 Å². The quantitative estimate of drug-likeness (QED) is 0.581. The van der Waals surface area contributed by atoms with Gasteiger partial charge in [0, 0.05) is 31.9 Å². The van der Waals surface area contributed by atoms with Crippen LogP contribution in [0, 0.1) is 11.6 Å². The molecule has 1 aliphatic rings. The third kappa shape index (κ3) is 4.47. The number of anilines is 2. The van der Waals surface area contributed by atoms with Gasteiger partial charge in [0.05, 0.1) is 11.3 Å². The standard InChI is InChI=1S/C21H21F2N5OS/c22-15-5-3-6-16(23)17(15)18(29)19-20(24)27-21(30-19)26-13-7-10-28(11-8-13)12-14-4-1-2-9-25-14/h1-6,9,13H,7-8,10-12,24H2,(H,26,27). The number of hydrogen-bond donors (Lipinski definition) is 2. The number of carbonyl (C=O) groups is 1. The van der Waals surface area contributed by atoms with Crippen molar-refractivity contribution in [2.75, 3.05) is 24.1 Å². The zero-order valence-electron chi connectivity index (χ0n) is 16.1. The molecule has 156 valence electrons. The number of nitrogens with two attached hydrogens (primary N) is 1. The monoisotopic (exact) mass is 429 g/mol. The molecule has 0 aliphatic carbocycles. The molecule has 0 radical (unpaired) electrons. The van der Waals surface area contributed by atoms with Gasteiger partial charge in [-0.15, -0.1) is 0 Å². The molecule has 1 saturated heterocycles. The molecule has 3 aromatic rings. The molecular formula is C21H21F2N5OS. The van der Waals surface area contributed by atoms with Crippen LogP contribution >= 0.6 is 11.3 Å². The van der Waals surface area contributed by atoms with Gasteiger partial charge in [-0.25, -0.2) is 13.8 Å². The average Bonchev–Trinajstić information content (AvgIpc) is 3.10. The number of pyridine rings is 1. The van der Waals surface area contributed by atoms with E-state index in [1.165, 1.54) is 6.07 Å². The first-order valence-corrected chi connectivity index (χ1v) is 10.5. The zero-order valence-corrected chi connectivity index (χ0v) is 17.0. The van der Waals surface area contributed by atoms with Crippen LogP contribution in [0.25, 0.3) is 0 Å². The summed E-state index contributed by atoms with van der Waals surface area (Å²) in [5.74, 6) is -2.65. The Balaban J connectivity index is 1.38. The number of likely N-dealkylation sites (tertiary alicyclic amines) is 1. The number of nitrogens with one attached hydrogen (secondary N) is 1. The number of nitrogens with zero attached hydrogens (tertiary/aromatic N) is 3. The van der Waals surface area contributed by atoms with E-state index in [1.807, 2.05) is 18.2 Å². The van der Waals surface area contributed by atoms with E-state index in [0.717, 1.165) is 61.6 Å². The number of thiazole rings is 1. The van der Waals surface area contributed by atoms with Gasteiger partial charge in [-0.2, -0.15) is 0 Å². The van der Waals surface area contributed by atoms with Crippen molar-refractivity contribution in [3.8, 4) is 0 Å². The van der Waals surface area contributed by atoms with E-state index in [2.05, 4.69) is 20.2 Å². The lowest BCUT2D eigenvalue weighted by Gasteiger charge is -2.32. The van der Waals surface area contributed by atoms with Crippen molar-refractivity contribution < 1.29 is 13.6 Å². The minimum Gasteiger partial charge on any atom is -0.382 e. The Morgan fingerprint density at radius 2 is 1.90 bits per heavy atom. The molecule has 1 aromatic carbocycles. The Labute approximate surface area is 176 Å². The number of ketones is 1. The second kappa shape index (κ2) is 8.85. The van der Waals surface area contributed by atoms with Crippen molar-refractivity contribution in [1.29, 1.82) is 0 Å². The number of nitrogen functional groups attached to an aromatic ring is 1. The fourth-order valence-corrected chi connectivity index (χ4v) is 4.42. The summed E-state index contributed by atoms with van der Waals surface area (Å²) in [6.07, 6.45) is 3.59. The highest BCUT2D eigenvalue weighted by Gasteiger charge is 2.25. The molecule has 30 heavy (non-hydrogen) atoms. The number of hydrogen-bond acceptors (Lipinski definition) is 7. The molecular weight excluding hydrogens is 408 g/mol. The van der Waals surface area contributed by atoms with Crippen LogP contribution in [0.2, 0.25) is 0 Å². The Morgan fingerprint density at radius 3 is 2.57 bits per heavy atom. The van der Waals surface area contributed by atoms with E-state index < -0.39 is 23.0 Å². The van der Waals surface area contributed by atoms with Crippen molar-refractivity contribution in [1.82, 2.24) is 14.9 Å². The summed E-state index contributed by atoms with van der Waals surface area (Å²) >= 11 is 1.02. The SMILES string of the molecule is Nc1nc(NC2CCN(Cc3ccccn3)CC2)sc1C(=O)c1c(F)cccc1F. The predicted molar refractivity (Wildman–Crippen MR) is 112 cm³/mol. The van der Waals surface area contributed by atoms with Gasteiger partial charge >= 0.3 is 0 Å². The Hall–Kier alpha value is -2.91. The van der Waals surface area contributed by atoms with Gasteiger partial charge in [-0.1, -0.05) is 23.5 Å². The maximum absolute atomic E-state index is 13.9. The highest BCUT2D eigenvalue weighted by atomic mass is 32.1. The predicted octanol–water partition coefficient (Wildman–Crippen LogP) is 3.71. The normalized spacial score (nSPS) is 15.3. The number of piperidine rings is 1. The van der Waals surface area contributed by atoms with Gasteiger partial charge in [0.2, 0.25) is 5.78 Å². The number of aromatic nitrogens is 2. The summed E-state index contributed by atoms with van der Waals surface area (Å²) in [5.41, 5.74) is 6.30. The summed E-state index contributed by atoms with van der Waals surface area (Å²) in [5, 5.41) is 3.79. The van der Waals surface area contributed by atoms with Crippen LogP contribution in [0.3, 0.4) is 0 Å². The van der Waals surface area contributed by atoms with Crippen LogP contribution in [-0.2, 0) is 6.54 Å². The van der Waals surface area contributed by atoms with E-state index >= 15 is 0 Å². The van der Waals surface area contributed by atoms with Crippen molar-refractivity contribution >= 4 is 28.1 Å². The minimum atomic E-state index is -0.914. The Kier molecular flexibility index (Phi) is 6.01. The molecule has 1 aliphatic heterocycles. The largest absolute Gasteiger partial charge is 0.382 e. The first kappa shape index (κ1) is 20.4. The molecule has 0 bridgehead atoms. The first-order chi connectivity index (χ1) is 14.5. The minimum absolute atomic E-state index is 0.0252. The van der Waals surface area contributed by atoms with Gasteiger partial charge in [0.1, 0.15) is 22.3 Å². The molecule has 9 heteroatoms. The lowest BCUT2D eigenvalue weighted by molar-refractivity contribution is 0.103. The maximum atomic E-state index is 13.9. The second-order valence-corrected chi connectivity index (χ2v) is 8.17. The Bertz CT molecular complexity index is 1010. The van der Waals surface area contributed by atoms with E-state index in [0.29, 0.717) is 5.13 Å². The van der Waals surface area contributed by atoms with Crippen LogP contribution in [0.15, 0.2) is 42.6 Å². The summed E-state index contributed by atoms with van der Waals surface area (Å²) in [7, 11) is 0. The molecule has 3 N–H and O–H groups in total. The summed E-state index contributed by atoms with van der Waals surface area (Å²) in [6, 6.07) is 9.39. The number of rotatable bonds is 6. The molecule has 0 atom stereocenters. The second-order valence-electron chi connectivity index (χ2n) is 7.17. The number of halogens is 2. The van der Waals surface area contributed by atoms with Crippen LogP contribution in [0.1, 0.15) is 33.8 Å². The van der Waals surface area contributed by atoms with E-state index in [9.17, 15) is 13.6 Å². The van der Waals surface area contributed by atoms with Gasteiger partial charge in [0.25, 0.3) is 0 Å². The fraction of sp³-hybridized carbons (Fsp3) is 0.286. The molecule has 3 heterocycles. The zero-order chi connectivity index (χ0) is 21.1. The van der Waals surface area contributed by atoms with Crippen LogP contribution in [0.5, 0.6) is 0 Å². The number of carbonyl (C=O) groups excluding carboxylic acids is 1. The van der Waals surface area contributed by atoms with E-state index in [1.54, 1.807) is 6.20 Å². The average molecular weight is 429 g/mol. The first-order valence-electron chi connectivity index (χ1n) is 9.65. The van der Waals surface area contributed by atoms with Crippen molar-refractivity contribution in [2.24, 2.45) is 0 Å². The fourth-order valence-electron chi connectivity index (χ4n) is 3.52. The summed E-state index contributed by atoms with van der Waals surface area (Å²) in [6.45, 7) is 2.62. The van der Waals surface area contributed by atoms with Gasteiger partial charge < -0.3 is 11.1 Å². The van der Waals surface area contributed by atoms with Crippen molar-refractivity contribution in [3.05, 3.63) is 70.4 Å². The van der Waals surface area contributed by atoms with Crippen LogP contribution < -0.4 is 11.1 Å². The third-order valence-corrected chi connectivity index (χ3v) is 6.08. The Morgan fingerprint density at radius 1 is 1.17 bits per heavy atom. The molecule has 0 unspecified atom stereocenters. The molecule has 2 aromatic heterocycles. The number of benzene rings is 1. The molecule has 0 spiro atoms. The molecule has 1 fully saturated rings.